The summed E-state index contributed by atoms with van der Waals surface area (Å²) in [5.41, 5.74) is 10.0. The zero-order valence-corrected chi connectivity index (χ0v) is 10.5. The van der Waals surface area contributed by atoms with Crippen LogP contribution < -0.4 is 5.73 Å². The van der Waals surface area contributed by atoms with Gasteiger partial charge in [0.05, 0.1) is 11.0 Å². The fourth-order valence-electron chi connectivity index (χ4n) is 2.79. The molecule has 1 heterocycles. The van der Waals surface area contributed by atoms with E-state index in [1.54, 1.807) is 0 Å². The van der Waals surface area contributed by atoms with Gasteiger partial charge in [0.15, 0.2) is 0 Å². The van der Waals surface area contributed by atoms with Crippen LogP contribution in [0.4, 0.5) is 5.69 Å². The van der Waals surface area contributed by atoms with E-state index in [0.29, 0.717) is 11.8 Å². The average molecular weight is 249 g/mol. The van der Waals surface area contributed by atoms with Gasteiger partial charge in [0.2, 0.25) is 0 Å². The summed E-state index contributed by atoms with van der Waals surface area (Å²) in [4.78, 5) is 8.09. The number of anilines is 1. The minimum Gasteiger partial charge on any atom is -0.399 e. The molecule has 3 aromatic rings. The summed E-state index contributed by atoms with van der Waals surface area (Å²) in [6.07, 6.45) is 1.18. The van der Waals surface area contributed by atoms with Gasteiger partial charge in [0, 0.05) is 11.6 Å². The maximum absolute atomic E-state index is 5.80. The van der Waals surface area contributed by atoms with E-state index in [-0.39, 0.29) is 0 Å². The molecule has 94 valence electrons. The third-order valence-electron chi connectivity index (χ3n) is 3.89. The maximum atomic E-state index is 5.80. The number of fused-ring (bicyclic) bond motifs is 1. The molecule has 1 saturated carbocycles. The zero-order valence-electron chi connectivity index (χ0n) is 10.5. The maximum Gasteiger partial charge on any atom is 0.110 e. The largest absolute Gasteiger partial charge is 0.399 e. The molecule has 3 heteroatoms. The standard InChI is InChI=1S/C16H15N3/c17-11-6-7-14-15(8-11)19-16(18-14)13-9-12(13)10-4-2-1-3-5-10/h1-8,12-13H,9,17H2,(H,18,19). The van der Waals surface area contributed by atoms with Crippen molar-refractivity contribution in [2.24, 2.45) is 0 Å². The van der Waals surface area contributed by atoms with E-state index in [1.807, 2.05) is 18.2 Å². The molecule has 1 aliphatic carbocycles. The highest BCUT2D eigenvalue weighted by Crippen LogP contribution is 2.53. The number of imidazole rings is 1. The molecular formula is C16H15N3. The average Bonchev–Trinajstić information content (AvgIpc) is 3.13. The predicted octanol–water partition coefficient (Wildman–Crippen LogP) is 3.42. The lowest BCUT2D eigenvalue weighted by atomic mass is 10.1. The quantitative estimate of drug-likeness (QED) is 0.684. The Bertz CT molecular complexity index is 730. The van der Waals surface area contributed by atoms with Crippen molar-refractivity contribution < 1.29 is 0 Å². The van der Waals surface area contributed by atoms with Gasteiger partial charge in [-0.05, 0) is 36.1 Å². The summed E-state index contributed by atoms with van der Waals surface area (Å²) >= 11 is 0. The van der Waals surface area contributed by atoms with Crippen LogP contribution in [0.15, 0.2) is 48.5 Å². The number of aromatic nitrogens is 2. The van der Waals surface area contributed by atoms with Gasteiger partial charge in [-0.1, -0.05) is 30.3 Å². The normalized spacial score (nSPS) is 21.7. The Hall–Kier alpha value is -2.29. The highest BCUT2D eigenvalue weighted by Gasteiger charge is 2.41. The molecule has 2 unspecified atom stereocenters. The van der Waals surface area contributed by atoms with Crippen LogP contribution in [0.1, 0.15) is 29.6 Å². The molecule has 0 amide bonds. The summed E-state index contributed by atoms with van der Waals surface area (Å²) in [6, 6.07) is 16.5. The molecule has 2 aromatic carbocycles. The summed E-state index contributed by atoms with van der Waals surface area (Å²) in [6.45, 7) is 0. The molecule has 1 fully saturated rings. The Morgan fingerprint density at radius 1 is 1.05 bits per heavy atom. The van der Waals surface area contributed by atoms with E-state index in [4.69, 9.17) is 5.73 Å². The van der Waals surface area contributed by atoms with Crippen LogP contribution in [0, 0.1) is 0 Å². The minimum absolute atomic E-state index is 0.524. The van der Waals surface area contributed by atoms with E-state index >= 15 is 0 Å². The number of nitrogens with zero attached hydrogens (tertiary/aromatic N) is 1. The summed E-state index contributed by atoms with van der Waals surface area (Å²) in [5, 5.41) is 0. The number of H-pyrrole nitrogens is 1. The summed E-state index contributed by atoms with van der Waals surface area (Å²) in [5.74, 6) is 2.23. The van der Waals surface area contributed by atoms with E-state index in [2.05, 4.69) is 40.3 Å². The van der Waals surface area contributed by atoms with E-state index in [1.165, 1.54) is 12.0 Å². The first kappa shape index (κ1) is 10.6. The van der Waals surface area contributed by atoms with Gasteiger partial charge < -0.3 is 10.7 Å². The zero-order chi connectivity index (χ0) is 12.8. The van der Waals surface area contributed by atoms with Crippen LogP contribution in [-0.2, 0) is 0 Å². The van der Waals surface area contributed by atoms with Crippen LogP contribution in [0.3, 0.4) is 0 Å². The van der Waals surface area contributed by atoms with Crippen LogP contribution in [0.25, 0.3) is 11.0 Å². The molecule has 2 atom stereocenters. The van der Waals surface area contributed by atoms with Crippen molar-refractivity contribution >= 4 is 16.7 Å². The highest BCUT2D eigenvalue weighted by molar-refractivity contribution is 5.79. The molecule has 0 bridgehead atoms. The van der Waals surface area contributed by atoms with Gasteiger partial charge in [0.1, 0.15) is 5.82 Å². The Balaban J connectivity index is 1.66. The Kier molecular flexibility index (Phi) is 2.15. The second-order valence-corrected chi connectivity index (χ2v) is 5.26. The van der Waals surface area contributed by atoms with Crippen molar-refractivity contribution in [3.63, 3.8) is 0 Å². The molecule has 3 N–H and O–H groups in total. The smallest absolute Gasteiger partial charge is 0.110 e. The molecule has 0 spiro atoms. The minimum atomic E-state index is 0.524. The van der Waals surface area contributed by atoms with Crippen LogP contribution in [0.2, 0.25) is 0 Å². The molecule has 0 aliphatic heterocycles. The number of nitrogens with one attached hydrogen (secondary N) is 1. The lowest BCUT2D eigenvalue weighted by Gasteiger charge is -1.97. The van der Waals surface area contributed by atoms with Gasteiger partial charge in [-0.3, -0.25) is 0 Å². The highest BCUT2D eigenvalue weighted by atomic mass is 14.9. The first-order chi connectivity index (χ1) is 9.31. The van der Waals surface area contributed by atoms with Crippen molar-refractivity contribution in [3.05, 3.63) is 59.9 Å². The first-order valence-corrected chi connectivity index (χ1v) is 6.61. The lowest BCUT2D eigenvalue weighted by molar-refractivity contribution is 0.938. The topological polar surface area (TPSA) is 54.7 Å². The second kappa shape index (κ2) is 3.85. The Labute approximate surface area is 111 Å². The third kappa shape index (κ3) is 1.78. The fourth-order valence-corrected chi connectivity index (χ4v) is 2.79. The molecular weight excluding hydrogens is 234 g/mol. The molecule has 0 radical (unpaired) electrons. The van der Waals surface area contributed by atoms with Gasteiger partial charge in [-0.2, -0.15) is 0 Å². The number of hydrogen-bond donors (Lipinski definition) is 2. The van der Waals surface area contributed by atoms with Gasteiger partial charge in [0.25, 0.3) is 0 Å². The van der Waals surface area contributed by atoms with Gasteiger partial charge in [-0.15, -0.1) is 0 Å². The number of rotatable bonds is 2. The summed E-state index contributed by atoms with van der Waals surface area (Å²) < 4.78 is 0. The monoisotopic (exact) mass is 249 g/mol. The molecule has 0 saturated heterocycles. The van der Waals surface area contributed by atoms with E-state index in [0.717, 1.165) is 22.5 Å². The SMILES string of the molecule is Nc1ccc2nc(C3CC3c3ccccc3)[nH]c2c1. The van der Waals surface area contributed by atoms with Crippen molar-refractivity contribution in [1.82, 2.24) is 9.97 Å². The predicted molar refractivity (Wildman–Crippen MR) is 77.0 cm³/mol. The number of nitrogen functional groups attached to an aromatic ring is 1. The van der Waals surface area contributed by atoms with Crippen LogP contribution >= 0.6 is 0 Å². The van der Waals surface area contributed by atoms with Gasteiger partial charge in [-0.25, -0.2) is 4.98 Å². The Morgan fingerprint density at radius 2 is 1.89 bits per heavy atom. The Morgan fingerprint density at radius 3 is 2.74 bits per heavy atom. The number of aromatic amines is 1. The van der Waals surface area contributed by atoms with Crippen molar-refractivity contribution in [1.29, 1.82) is 0 Å². The molecule has 1 aromatic heterocycles. The van der Waals surface area contributed by atoms with Gasteiger partial charge >= 0.3 is 0 Å². The second-order valence-electron chi connectivity index (χ2n) is 5.26. The van der Waals surface area contributed by atoms with Crippen molar-refractivity contribution in [3.8, 4) is 0 Å². The van der Waals surface area contributed by atoms with Crippen LogP contribution in [-0.4, -0.2) is 9.97 Å². The molecule has 1 aliphatic rings. The third-order valence-corrected chi connectivity index (χ3v) is 3.89. The number of benzene rings is 2. The summed E-state index contributed by atoms with van der Waals surface area (Å²) in [7, 11) is 0. The number of hydrogen-bond acceptors (Lipinski definition) is 2. The molecule has 19 heavy (non-hydrogen) atoms. The van der Waals surface area contributed by atoms with Crippen molar-refractivity contribution in [2.75, 3.05) is 5.73 Å². The fraction of sp³-hybridized carbons (Fsp3) is 0.188. The lowest BCUT2D eigenvalue weighted by Crippen LogP contribution is -1.86. The van der Waals surface area contributed by atoms with Crippen LogP contribution in [0.5, 0.6) is 0 Å². The van der Waals surface area contributed by atoms with E-state index < -0.39 is 0 Å². The number of nitrogens with two attached hydrogens (primary N) is 1. The molecule has 3 nitrogen and oxygen atoms in total. The molecule has 4 rings (SSSR count). The van der Waals surface area contributed by atoms with Crippen molar-refractivity contribution in [2.45, 2.75) is 18.3 Å². The van der Waals surface area contributed by atoms with E-state index in [9.17, 15) is 0 Å². The first-order valence-electron chi connectivity index (χ1n) is 6.61.